The van der Waals surface area contributed by atoms with Gasteiger partial charge < -0.3 is 15.0 Å². The molecular weight excluding hydrogens is 368 g/mol. The Morgan fingerprint density at radius 1 is 1.25 bits per heavy atom. The molecule has 4 nitrogen and oxygen atoms in total. The number of nitrogens with one attached hydrogen (secondary N) is 1. The van der Waals surface area contributed by atoms with Crippen molar-refractivity contribution >= 4 is 33.2 Å². The molecule has 5 heteroatoms. The van der Waals surface area contributed by atoms with E-state index in [0.29, 0.717) is 12.8 Å². The molecule has 2 aromatic rings. The Balaban J connectivity index is 1.93. The Morgan fingerprint density at radius 2 is 2.04 bits per heavy atom. The van der Waals surface area contributed by atoms with Crippen LogP contribution in [0.25, 0.3) is 0 Å². The van der Waals surface area contributed by atoms with Crippen molar-refractivity contribution in [2.75, 3.05) is 30.9 Å². The van der Waals surface area contributed by atoms with Gasteiger partial charge in [-0.25, -0.2) is 0 Å². The number of rotatable bonds is 7. The van der Waals surface area contributed by atoms with Crippen molar-refractivity contribution < 1.29 is 9.53 Å². The van der Waals surface area contributed by atoms with Crippen LogP contribution in [0.15, 0.2) is 46.9 Å². The summed E-state index contributed by atoms with van der Waals surface area (Å²) >= 11 is 3.47. The third kappa shape index (κ3) is 4.99. The summed E-state index contributed by atoms with van der Waals surface area (Å²) < 4.78 is 6.12. The van der Waals surface area contributed by atoms with E-state index in [9.17, 15) is 4.79 Å². The van der Waals surface area contributed by atoms with Crippen molar-refractivity contribution in [3.63, 3.8) is 0 Å². The molecule has 0 aromatic heterocycles. The number of halogens is 1. The first kappa shape index (κ1) is 18.3. The predicted octanol–water partition coefficient (Wildman–Crippen LogP) is 4.49. The third-order valence-corrected chi connectivity index (χ3v) is 4.52. The smallest absolute Gasteiger partial charge is 0.224 e. The lowest BCUT2D eigenvalue weighted by Crippen LogP contribution is -2.16. The van der Waals surface area contributed by atoms with Crippen molar-refractivity contribution in [2.24, 2.45) is 0 Å². The summed E-state index contributed by atoms with van der Waals surface area (Å²) in [5, 5.41) is 2.97. The average molecular weight is 391 g/mol. The molecule has 0 atom stereocenters. The summed E-state index contributed by atoms with van der Waals surface area (Å²) in [5.74, 6) is 0.804. The number of ether oxygens (including phenoxy) is 1. The van der Waals surface area contributed by atoms with Crippen molar-refractivity contribution in [1.82, 2.24) is 0 Å². The normalized spacial score (nSPS) is 10.3. The van der Waals surface area contributed by atoms with Crippen LogP contribution in [0.3, 0.4) is 0 Å². The van der Waals surface area contributed by atoms with Gasteiger partial charge in [-0.1, -0.05) is 12.1 Å². The second-order valence-electron chi connectivity index (χ2n) is 5.58. The quantitative estimate of drug-likeness (QED) is 0.757. The maximum absolute atomic E-state index is 12.2. The highest BCUT2D eigenvalue weighted by Gasteiger charge is 2.07. The van der Waals surface area contributed by atoms with E-state index >= 15 is 0 Å². The number of methoxy groups -OCH3 is 1. The van der Waals surface area contributed by atoms with Crippen molar-refractivity contribution in [2.45, 2.75) is 19.8 Å². The largest absolute Gasteiger partial charge is 0.496 e. The zero-order valence-electron chi connectivity index (χ0n) is 14.3. The van der Waals surface area contributed by atoms with Crippen LogP contribution in [-0.2, 0) is 11.2 Å². The van der Waals surface area contributed by atoms with E-state index in [1.54, 1.807) is 7.11 Å². The summed E-state index contributed by atoms with van der Waals surface area (Å²) in [4.78, 5) is 14.3. The first-order chi connectivity index (χ1) is 11.5. The minimum atomic E-state index is 0.0123. The highest BCUT2D eigenvalue weighted by molar-refractivity contribution is 9.10. The second kappa shape index (κ2) is 8.73. The van der Waals surface area contributed by atoms with Gasteiger partial charge in [0.1, 0.15) is 5.75 Å². The molecule has 24 heavy (non-hydrogen) atoms. The Bertz CT molecular complexity index is 704. The van der Waals surface area contributed by atoms with Gasteiger partial charge in [0.15, 0.2) is 0 Å². The number of carbonyl (C=O) groups is 1. The number of amides is 1. The molecule has 0 unspecified atom stereocenters. The van der Waals surface area contributed by atoms with Gasteiger partial charge >= 0.3 is 0 Å². The second-order valence-corrected chi connectivity index (χ2v) is 6.44. The standard InChI is InChI=1S/C19H23BrN2O2/c1-4-22(2)16-7-5-6-15(13-16)21-19(23)11-9-14-8-10-18(24-3)17(20)12-14/h5-8,10,12-13H,4,9,11H2,1-3H3,(H,21,23). The minimum Gasteiger partial charge on any atom is -0.496 e. The summed E-state index contributed by atoms with van der Waals surface area (Å²) in [7, 11) is 3.67. The summed E-state index contributed by atoms with van der Waals surface area (Å²) in [6.45, 7) is 3.02. The van der Waals surface area contributed by atoms with Crippen LogP contribution in [0.5, 0.6) is 5.75 Å². The molecule has 1 N–H and O–H groups in total. The summed E-state index contributed by atoms with van der Waals surface area (Å²) in [5.41, 5.74) is 3.01. The van der Waals surface area contributed by atoms with E-state index in [-0.39, 0.29) is 5.91 Å². The zero-order chi connectivity index (χ0) is 17.5. The number of nitrogens with zero attached hydrogens (tertiary/aromatic N) is 1. The number of carbonyl (C=O) groups excluding carboxylic acids is 1. The molecule has 2 rings (SSSR count). The van der Waals surface area contributed by atoms with Crippen LogP contribution in [-0.4, -0.2) is 26.6 Å². The molecule has 0 fully saturated rings. The fourth-order valence-corrected chi connectivity index (χ4v) is 2.94. The zero-order valence-corrected chi connectivity index (χ0v) is 15.9. The third-order valence-electron chi connectivity index (χ3n) is 3.90. The SMILES string of the molecule is CCN(C)c1cccc(NC(=O)CCc2ccc(OC)c(Br)c2)c1. The highest BCUT2D eigenvalue weighted by Crippen LogP contribution is 2.26. The van der Waals surface area contributed by atoms with E-state index in [2.05, 4.69) is 33.1 Å². The number of hydrogen-bond acceptors (Lipinski definition) is 3. The van der Waals surface area contributed by atoms with Crippen LogP contribution in [0.2, 0.25) is 0 Å². The molecule has 0 heterocycles. The van der Waals surface area contributed by atoms with Gasteiger partial charge in [-0.2, -0.15) is 0 Å². The molecule has 2 aromatic carbocycles. The fourth-order valence-electron chi connectivity index (χ4n) is 2.35. The molecule has 0 spiro atoms. The van der Waals surface area contributed by atoms with Gasteiger partial charge in [-0.15, -0.1) is 0 Å². The monoisotopic (exact) mass is 390 g/mol. The van der Waals surface area contributed by atoms with E-state index in [1.165, 1.54) is 0 Å². The molecule has 0 bridgehead atoms. The lowest BCUT2D eigenvalue weighted by atomic mass is 10.1. The van der Waals surface area contributed by atoms with Gasteiger partial charge in [-0.05, 0) is 65.2 Å². The van der Waals surface area contributed by atoms with E-state index in [0.717, 1.165) is 33.7 Å². The van der Waals surface area contributed by atoms with Gasteiger partial charge in [0.25, 0.3) is 0 Å². The number of benzene rings is 2. The number of hydrogen-bond donors (Lipinski definition) is 1. The number of aryl methyl sites for hydroxylation is 1. The Morgan fingerprint density at radius 3 is 2.71 bits per heavy atom. The van der Waals surface area contributed by atoms with E-state index < -0.39 is 0 Å². The average Bonchev–Trinajstić information content (AvgIpc) is 2.59. The van der Waals surface area contributed by atoms with Gasteiger partial charge in [0.2, 0.25) is 5.91 Å². The lowest BCUT2D eigenvalue weighted by Gasteiger charge is -2.17. The topological polar surface area (TPSA) is 41.6 Å². The lowest BCUT2D eigenvalue weighted by molar-refractivity contribution is -0.116. The maximum Gasteiger partial charge on any atom is 0.224 e. The van der Waals surface area contributed by atoms with Crippen LogP contribution < -0.4 is 15.0 Å². The maximum atomic E-state index is 12.2. The molecule has 0 aliphatic rings. The van der Waals surface area contributed by atoms with E-state index in [4.69, 9.17) is 4.74 Å². The summed E-state index contributed by atoms with van der Waals surface area (Å²) in [6, 6.07) is 13.8. The molecule has 0 saturated heterocycles. The Labute approximate surface area is 151 Å². The molecule has 128 valence electrons. The molecule has 1 amide bonds. The molecule has 0 saturated carbocycles. The molecular formula is C19H23BrN2O2. The van der Waals surface area contributed by atoms with Crippen LogP contribution in [0, 0.1) is 0 Å². The highest BCUT2D eigenvalue weighted by atomic mass is 79.9. The molecule has 0 aliphatic carbocycles. The van der Waals surface area contributed by atoms with Gasteiger partial charge in [-0.3, -0.25) is 4.79 Å². The van der Waals surface area contributed by atoms with Crippen molar-refractivity contribution in [3.05, 3.63) is 52.5 Å². The van der Waals surface area contributed by atoms with Crippen LogP contribution in [0.4, 0.5) is 11.4 Å². The first-order valence-electron chi connectivity index (χ1n) is 7.97. The van der Waals surface area contributed by atoms with Gasteiger partial charge in [0, 0.05) is 31.4 Å². The van der Waals surface area contributed by atoms with Gasteiger partial charge in [0.05, 0.1) is 11.6 Å². The van der Waals surface area contributed by atoms with E-state index in [1.807, 2.05) is 49.5 Å². The van der Waals surface area contributed by atoms with Crippen molar-refractivity contribution in [3.8, 4) is 5.75 Å². The Hall–Kier alpha value is -2.01. The predicted molar refractivity (Wildman–Crippen MR) is 103 cm³/mol. The van der Waals surface area contributed by atoms with Crippen LogP contribution >= 0.6 is 15.9 Å². The molecule has 0 aliphatic heterocycles. The summed E-state index contributed by atoms with van der Waals surface area (Å²) in [6.07, 6.45) is 1.12. The fraction of sp³-hybridized carbons (Fsp3) is 0.316. The molecule has 0 radical (unpaired) electrons. The van der Waals surface area contributed by atoms with Crippen LogP contribution in [0.1, 0.15) is 18.9 Å². The minimum absolute atomic E-state index is 0.0123. The van der Waals surface area contributed by atoms with Crippen molar-refractivity contribution in [1.29, 1.82) is 0 Å². The first-order valence-corrected chi connectivity index (χ1v) is 8.76. The number of anilines is 2. The Kier molecular flexibility index (Phi) is 6.67.